The molecule has 0 unspecified atom stereocenters. The van der Waals surface area contributed by atoms with Gasteiger partial charge in [0.1, 0.15) is 5.60 Å². The zero-order valence-corrected chi connectivity index (χ0v) is 18.2. The van der Waals surface area contributed by atoms with Crippen molar-refractivity contribution in [2.24, 2.45) is 0 Å². The first-order valence-corrected chi connectivity index (χ1v) is 10.3. The number of thioether (sulfide) groups is 1. The van der Waals surface area contributed by atoms with E-state index in [0.29, 0.717) is 28.6 Å². The highest BCUT2D eigenvalue weighted by Gasteiger charge is 2.18. The van der Waals surface area contributed by atoms with Crippen molar-refractivity contribution in [1.82, 2.24) is 4.98 Å². The van der Waals surface area contributed by atoms with Crippen molar-refractivity contribution in [3.8, 4) is 0 Å². The Labute approximate surface area is 179 Å². The number of esters is 1. The van der Waals surface area contributed by atoms with Gasteiger partial charge in [-0.1, -0.05) is 23.9 Å². The van der Waals surface area contributed by atoms with Crippen LogP contribution in [0, 0.1) is 0 Å². The van der Waals surface area contributed by atoms with Gasteiger partial charge in [-0.25, -0.2) is 9.78 Å². The van der Waals surface area contributed by atoms with E-state index in [1.165, 1.54) is 18.0 Å². The lowest BCUT2D eigenvalue weighted by atomic mass is 10.2. The fraction of sp³-hybridized carbons (Fsp3) is 0.333. The second-order valence-corrected chi connectivity index (χ2v) is 8.10. The fourth-order valence-electron chi connectivity index (χ4n) is 2.24. The topological polar surface area (TPSA) is 107 Å². The van der Waals surface area contributed by atoms with Gasteiger partial charge in [-0.05, 0) is 52.0 Å². The summed E-state index contributed by atoms with van der Waals surface area (Å²) in [6.45, 7) is 7.37. The normalized spacial score (nSPS) is 10.8. The standard InChI is InChI=1S/C21H25N3O5S/c1-5-28-18(25)13-30-17-11-10-14(12-22-17)19(26)23-15-8-6-7-9-16(15)24-20(27)29-21(2,3)4/h6-12H,5,13H2,1-4H3,(H,23,26)(H,24,27). The number of nitrogens with one attached hydrogen (secondary N) is 2. The number of rotatable bonds is 7. The largest absolute Gasteiger partial charge is 0.465 e. The molecule has 1 aromatic carbocycles. The zero-order chi connectivity index (χ0) is 22.1. The summed E-state index contributed by atoms with van der Waals surface area (Å²) in [5, 5.41) is 5.99. The molecular weight excluding hydrogens is 406 g/mol. The number of pyridine rings is 1. The summed E-state index contributed by atoms with van der Waals surface area (Å²) < 4.78 is 10.1. The minimum Gasteiger partial charge on any atom is -0.465 e. The molecule has 0 spiro atoms. The molecule has 0 radical (unpaired) electrons. The third-order valence-electron chi connectivity index (χ3n) is 3.45. The lowest BCUT2D eigenvalue weighted by Gasteiger charge is -2.20. The van der Waals surface area contributed by atoms with Crippen LogP contribution in [-0.4, -0.2) is 40.9 Å². The molecule has 9 heteroatoms. The number of amides is 2. The van der Waals surface area contributed by atoms with E-state index in [1.54, 1.807) is 64.1 Å². The third kappa shape index (κ3) is 7.75. The van der Waals surface area contributed by atoms with Gasteiger partial charge in [0.2, 0.25) is 0 Å². The molecule has 1 heterocycles. The van der Waals surface area contributed by atoms with Crippen molar-refractivity contribution >= 4 is 41.1 Å². The Morgan fingerprint density at radius 2 is 1.70 bits per heavy atom. The van der Waals surface area contributed by atoms with Crippen LogP contribution in [0.25, 0.3) is 0 Å². The van der Waals surface area contributed by atoms with Crippen LogP contribution in [-0.2, 0) is 14.3 Å². The maximum Gasteiger partial charge on any atom is 0.412 e. The lowest BCUT2D eigenvalue weighted by Crippen LogP contribution is -2.27. The van der Waals surface area contributed by atoms with E-state index in [9.17, 15) is 14.4 Å². The number of nitrogens with zero attached hydrogens (tertiary/aromatic N) is 1. The minimum atomic E-state index is -0.638. The minimum absolute atomic E-state index is 0.149. The first kappa shape index (κ1) is 23.2. The highest BCUT2D eigenvalue weighted by atomic mass is 32.2. The number of benzene rings is 1. The van der Waals surface area contributed by atoms with Crippen molar-refractivity contribution in [1.29, 1.82) is 0 Å². The first-order valence-electron chi connectivity index (χ1n) is 9.33. The number of carbonyl (C=O) groups is 3. The van der Waals surface area contributed by atoms with Crippen LogP contribution in [0.4, 0.5) is 16.2 Å². The van der Waals surface area contributed by atoms with Gasteiger partial charge in [0, 0.05) is 6.20 Å². The van der Waals surface area contributed by atoms with Crippen molar-refractivity contribution in [2.75, 3.05) is 23.0 Å². The van der Waals surface area contributed by atoms with E-state index in [-0.39, 0.29) is 17.6 Å². The van der Waals surface area contributed by atoms with Gasteiger partial charge in [-0.2, -0.15) is 0 Å². The van der Waals surface area contributed by atoms with Crippen LogP contribution >= 0.6 is 11.8 Å². The van der Waals surface area contributed by atoms with Gasteiger partial charge in [-0.15, -0.1) is 0 Å². The predicted molar refractivity (Wildman–Crippen MR) is 116 cm³/mol. The highest BCUT2D eigenvalue weighted by molar-refractivity contribution is 7.99. The van der Waals surface area contributed by atoms with Gasteiger partial charge in [0.25, 0.3) is 5.91 Å². The monoisotopic (exact) mass is 431 g/mol. The Kier molecular flexibility index (Phi) is 8.23. The maximum atomic E-state index is 12.6. The van der Waals surface area contributed by atoms with Crippen LogP contribution in [0.5, 0.6) is 0 Å². The second kappa shape index (κ2) is 10.6. The van der Waals surface area contributed by atoms with Gasteiger partial charge in [-0.3, -0.25) is 14.9 Å². The molecule has 2 rings (SSSR count). The van der Waals surface area contributed by atoms with Crippen LogP contribution in [0.2, 0.25) is 0 Å². The quantitative estimate of drug-likeness (QED) is 0.496. The van der Waals surface area contributed by atoms with E-state index in [1.807, 2.05) is 0 Å². The van der Waals surface area contributed by atoms with Crippen molar-refractivity contribution in [2.45, 2.75) is 38.3 Å². The summed E-state index contributed by atoms with van der Waals surface area (Å²) in [4.78, 5) is 40.2. The van der Waals surface area contributed by atoms with Crippen LogP contribution < -0.4 is 10.6 Å². The molecule has 0 saturated carbocycles. The average Bonchev–Trinajstić information content (AvgIpc) is 2.67. The van der Waals surface area contributed by atoms with Crippen molar-refractivity contribution in [3.63, 3.8) is 0 Å². The Morgan fingerprint density at radius 3 is 2.27 bits per heavy atom. The molecule has 0 fully saturated rings. The van der Waals surface area contributed by atoms with Crippen LogP contribution in [0.1, 0.15) is 38.1 Å². The number of aromatic nitrogens is 1. The third-order valence-corrected chi connectivity index (χ3v) is 4.37. The molecule has 0 bridgehead atoms. The van der Waals surface area contributed by atoms with E-state index in [4.69, 9.17) is 9.47 Å². The molecule has 0 aliphatic rings. The summed E-state index contributed by atoms with van der Waals surface area (Å²) >= 11 is 1.23. The predicted octanol–water partition coefficient (Wildman–Crippen LogP) is 4.34. The van der Waals surface area contributed by atoms with Gasteiger partial charge < -0.3 is 14.8 Å². The lowest BCUT2D eigenvalue weighted by molar-refractivity contribution is -0.139. The highest BCUT2D eigenvalue weighted by Crippen LogP contribution is 2.23. The zero-order valence-electron chi connectivity index (χ0n) is 17.4. The van der Waals surface area contributed by atoms with Crippen LogP contribution in [0.3, 0.4) is 0 Å². The molecule has 0 aliphatic heterocycles. The van der Waals surface area contributed by atoms with E-state index < -0.39 is 11.7 Å². The molecular formula is C21H25N3O5S. The molecule has 0 aliphatic carbocycles. The molecule has 0 atom stereocenters. The first-order chi connectivity index (χ1) is 14.2. The number of hydrogen-bond donors (Lipinski definition) is 2. The molecule has 0 saturated heterocycles. The summed E-state index contributed by atoms with van der Waals surface area (Å²) in [5.74, 6) is -0.557. The maximum absolute atomic E-state index is 12.6. The Hall–Kier alpha value is -3.07. The number of carbonyl (C=O) groups excluding carboxylic acids is 3. The smallest absolute Gasteiger partial charge is 0.412 e. The van der Waals surface area contributed by atoms with E-state index in [2.05, 4.69) is 15.6 Å². The Morgan fingerprint density at radius 1 is 1.03 bits per heavy atom. The van der Waals surface area contributed by atoms with E-state index >= 15 is 0 Å². The van der Waals surface area contributed by atoms with Crippen molar-refractivity contribution < 1.29 is 23.9 Å². The fourth-order valence-corrected chi connectivity index (χ4v) is 2.89. The summed E-state index contributed by atoms with van der Waals surface area (Å²) in [7, 11) is 0. The number of para-hydroxylation sites is 2. The average molecular weight is 432 g/mol. The van der Waals surface area contributed by atoms with E-state index in [0.717, 1.165) is 0 Å². The van der Waals surface area contributed by atoms with Gasteiger partial charge in [0.15, 0.2) is 0 Å². The summed E-state index contributed by atoms with van der Waals surface area (Å²) in [5.41, 5.74) is 0.535. The SMILES string of the molecule is CCOC(=O)CSc1ccc(C(=O)Nc2ccccc2NC(=O)OC(C)(C)C)cn1. The van der Waals surface area contributed by atoms with Crippen molar-refractivity contribution in [3.05, 3.63) is 48.2 Å². The Balaban J connectivity index is 2.01. The molecule has 2 aromatic rings. The molecule has 8 nitrogen and oxygen atoms in total. The number of hydrogen-bond acceptors (Lipinski definition) is 7. The molecule has 2 amide bonds. The molecule has 2 N–H and O–H groups in total. The number of ether oxygens (including phenoxy) is 2. The summed E-state index contributed by atoms with van der Waals surface area (Å²) in [6, 6.07) is 10.1. The second-order valence-electron chi connectivity index (χ2n) is 7.11. The molecule has 1 aromatic heterocycles. The molecule has 30 heavy (non-hydrogen) atoms. The van der Waals surface area contributed by atoms with Crippen LogP contribution in [0.15, 0.2) is 47.6 Å². The van der Waals surface area contributed by atoms with Gasteiger partial charge in [0.05, 0.1) is 34.3 Å². The number of anilines is 2. The van der Waals surface area contributed by atoms with Gasteiger partial charge >= 0.3 is 12.1 Å². The summed E-state index contributed by atoms with van der Waals surface area (Å²) in [6.07, 6.45) is 0.807. The Bertz CT molecular complexity index is 894. The molecule has 160 valence electrons.